The van der Waals surface area contributed by atoms with Crippen molar-refractivity contribution in [1.29, 1.82) is 5.26 Å². The maximum absolute atomic E-state index is 12.1. The van der Waals surface area contributed by atoms with Gasteiger partial charge in [-0.1, -0.05) is 0 Å². The summed E-state index contributed by atoms with van der Waals surface area (Å²) in [6.45, 7) is 0.476. The molecule has 0 radical (unpaired) electrons. The Morgan fingerprint density at radius 2 is 2.39 bits per heavy atom. The van der Waals surface area contributed by atoms with Crippen LogP contribution in [0.15, 0.2) is 36.7 Å². The monoisotopic (exact) mass is 240 g/mol. The lowest BCUT2D eigenvalue weighted by molar-refractivity contribution is 0.0778. The van der Waals surface area contributed by atoms with Gasteiger partial charge in [0, 0.05) is 25.1 Å². The number of amides is 1. The Bertz CT molecular complexity index is 583. The van der Waals surface area contributed by atoms with Crippen LogP contribution in [-0.2, 0) is 6.54 Å². The van der Waals surface area contributed by atoms with Crippen LogP contribution in [0, 0.1) is 11.3 Å². The Kier molecular flexibility index (Phi) is 3.39. The predicted molar refractivity (Wildman–Crippen MR) is 65.5 cm³/mol. The van der Waals surface area contributed by atoms with E-state index in [9.17, 15) is 4.79 Å². The first-order valence-corrected chi connectivity index (χ1v) is 5.44. The standard InChI is InChI=1S/C13H12N4O/c1-17(9-11-3-2-5-15-11)13(18)12-7-10(8-14)4-6-16-12/h2-7,15H,9H2,1H3. The molecule has 5 heteroatoms. The molecular weight excluding hydrogens is 228 g/mol. The van der Waals surface area contributed by atoms with Crippen LogP contribution in [-0.4, -0.2) is 27.8 Å². The number of carbonyl (C=O) groups is 1. The SMILES string of the molecule is CN(Cc1ccc[nH]1)C(=O)c1cc(C#N)ccn1. The van der Waals surface area contributed by atoms with Crippen LogP contribution >= 0.6 is 0 Å². The van der Waals surface area contributed by atoms with E-state index in [4.69, 9.17) is 5.26 Å². The van der Waals surface area contributed by atoms with Crippen LogP contribution in [0.2, 0.25) is 0 Å². The number of hydrogen-bond donors (Lipinski definition) is 1. The second-order valence-corrected chi connectivity index (χ2v) is 3.90. The van der Waals surface area contributed by atoms with Gasteiger partial charge in [-0.3, -0.25) is 9.78 Å². The molecule has 2 aromatic heterocycles. The highest BCUT2D eigenvalue weighted by atomic mass is 16.2. The van der Waals surface area contributed by atoms with Gasteiger partial charge < -0.3 is 9.88 Å². The van der Waals surface area contributed by atoms with Crippen molar-refractivity contribution >= 4 is 5.91 Å². The molecule has 0 aromatic carbocycles. The highest BCUT2D eigenvalue weighted by molar-refractivity contribution is 5.92. The van der Waals surface area contributed by atoms with E-state index in [0.717, 1.165) is 5.69 Å². The van der Waals surface area contributed by atoms with Crippen molar-refractivity contribution in [3.05, 3.63) is 53.6 Å². The molecule has 0 saturated heterocycles. The number of hydrogen-bond acceptors (Lipinski definition) is 3. The molecule has 0 unspecified atom stereocenters. The Balaban J connectivity index is 2.13. The van der Waals surface area contributed by atoms with Gasteiger partial charge in [-0.25, -0.2) is 0 Å². The summed E-state index contributed by atoms with van der Waals surface area (Å²) in [7, 11) is 1.70. The fourth-order valence-corrected chi connectivity index (χ4v) is 1.61. The van der Waals surface area contributed by atoms with Crippen LogP contribution in [0.3, 0.4) is 0 Å². The van der Waals surface area contributed by atoms with Crippen molar-refractivity contribution in [3.8, 4) is 6.07 Å². The van der Waals surface area contributed by atoms with Gasteiger partial charge in [0.05, 0.1) is 18.2 Å². The van der Waals surface area contributed by atoms with E-state index >= 15 is 0 Å². The molecule has 0 spiro atoms. The summed E-state index contributed by atoms with van der Waals surface area (Å²) in [4.78, 5) is 20.6. The number of pyridine rings is 1. The molecule has 18 heavy (non-hydrogen) atoms. The number of carbonyl (C=O) groups excluding carboxylic acids is 1. The number of H-pyrrole nitrogens is 1. The van der Waals surface area contributed by atoms with Gasteiger partial charge in [-0.15, -0.1) is 0 Å². The molecule has 5 nitrogen and oxygen atoms in total. The minimum absolute atomic E-state index is 0.207. The van der Waals surface area contributed by atoms with Gasteiger partial charge in [0.1, 0.15) is 5.69 Å². The molecule has 0 aliphatic heterocycles. The molecule has 0 aliphatic rings. The molecule has 0 fully saturated rings. The number of nitrogens with one attached hydrogen (secondary N) is 1. The predicted octanol–water partition coefficient (Wildman–Crippen LogP) is 1.55. The maximum Gasteiger partial charge on any atom is 0.272 e. The third kappa shape index (κ3) is 2.55. The normalized spacial score (nSPS) is 9.78. The van der Waals surface area contributed by atoms with Gasteiger partial charge in [0.25, 0.3) is 5.91 Å². The highest BCUT2D eigenvalue weighted by Gasteiger charge is 2.14. The van der Waals surface area contributed by atoms with Crippen molar-refractivity contribution in [2.24, 2.45) is 0 Å². The number of aromatic amines is 1. The molecule has 2 heterocycles. The Labute approximate surface area is 105 Å². The van der Waals surface area contributed by atoms with E-state index in [2.05, 4.69) is 9.97 Å². The van der Waals surface area contributed by atoms with Gasteiger partial charge >= 0.3 is 0 Å². The van der Waals surface area contributed by atoms with Crippen molar-refractivity contribution < 1.29 is 4.79 Å². The summed E-state index contributed by atoms with van der Waals surface area (Å²) < 4.78 is 0. The van der Waals surface area contributed by atoms with Crippen LogP contribution in [0.5, 0.6) is 0 Å². The van der Waals surface area contributed by atoms with E-state index in [-0.39, 0.29) is 11.6 Å². The third-order valence-corrected chi connectivity index (χ3v) is 2.52. The second-order valence-electron chi connectivity index (χ2n) is 3.90. The first-order valence-electron chi connectivity index (χ1n) is 5.44. The molecule has 1 N–H and O–H groups in total. The second kappa shape index (κ2) is 5.15. The Hall–Kier alpha value is -2.61. The molecule has 0 aliphatic carbocycles. The molecule has 0 bridgehead atoms. The summed E-state index contributed by atoms with van der Waals surface area (Å²) in [6.07, 6.45) is 3.27. The molecule has 2 rings (SSSR count). The van der Waals surface area contributed by atoms with Crippen molar-refractivity contribution in [3.63, 3.8) is 0 Å². The lowest BCUT2D eigenvalue weighted by Gasteiger charge is -2.15. The Morgan fingerprint density at radius 3 is 3.06 bits per heavy atom. The van der Waals surface area contributed by atoms with E-state index in [0.29, 0.717) is 12.1 Å². The molecule has 90 valence electrons. The molecular formula is C13H12N4O. The van der Waals surface area contributed by atoms with E-state index < -0.39 is 0 Å². The maximum atomic E-state index is 12.1. The molecule has 0 atom stereocenters. The summed E-state index contributed by atoms with van der Waals surface area (Å²) in [5.41, 5.74) is 1.66. The quantitative estimate of drug-likeness (QED) is 0.884. The van der Waals surface area contributed by atoms with E-state index in [1.807, 2.05) is 24.4 Å². The smallest absolute Gasteiger partial charge is 0.272 e. The van der Waals surface area contributed by atoms with Crippen molar-refractivity contribution in [2.45, 2.75) is 6.54 Å². The topological polar surface area (TPSA) is 72.8 Å². The van der Waals surface area contributed by atoms with Gasteiger partial charge in [-0.2, -0.15) is 5.26 Å². The lowest BCUT2D eigenvalue weighted by atomic mass is 10.2. The number of aromatic nitrogens is 2. The van der Waals surface area contributed by atoms with Crippen molar-refractivity contribution in [1.82, 2.24) is 14.9 Å². The zero-order valence-corrected chi connectivity index (χ0v) is 9.92. The zero-order chi connectivity index (χ0) is 13.0. The van der Waals surface area contributed by atoms with Crippen molar-refractivity contribution in [2.75, 3.05) is 7.05 Å². The first-order chi connectivity index (χ1) is 8.70. The summed E-state index contributed by atoms with van der Waals surface area (Å²) in [5.74, 6) is -0.207. The molecule has 1 amide bonds. The zero-order valence-electron chi connectivity index (χ0n) is 9.92. The lowest BCUT2D eigenvalue weighted by Crippen LogP contribution is -2.27. The largest absolute Gasteiger partial charge is 0.364 e. The average molecular weight is 240 g/mol. The number of nitriles is 1. The third-order valence-electron chi connectivity index (χ3n) is 2.52. The first kappa shape index (κ1) is 11.9. The summed E-state index contributed by atoms with van der Waals surface area (Å²) in [6, 6.07) is 8.84. The van der Waals surface area contributed by atoms with Crippen LogP contribution < -0.4 is 0 Å². The Morgan fingerprint density at radius 1 is 1.56 bits per heavy atom. The number of rotatable bonds is 3. The summed E-state index contributed by atoms with van der Waals surface area (Å²) >= 11 is 0. The van der Waals surface area contributed by atoms with Crippen LogP contribution in [0.1, 0.15) is 21.7 Å². The average Bonchev–Trinajstić information content (AvgIpc) is 2.90. The van der Waals surface area contributed by atoms with Crippen LogP contribution in [0.25, 0.3) is 0 Å². The minimum atomic E-state index is -0.207. The van der Waals surface area contributed by atoms with Crippen LogP contribution in [0.4, 0.5) is 0 Å². The fourth-order valence-electron chi connectivity index (χ4n) is 1.61. The van der Waals surface area contributed by atoms with Gasteiger partial charge in [-0.05, 0) is 24.3 Å². The molecule has 0 saturated carbocycles. The highest BCUT2D eigenvalue weighted by Crippen LogP contribution is 2.06. The summed E-state index contributed by atoms with van der Waals surface area (Å²) in [5, 5.41) is 8.78. The fraction of sp³-hybridized carbons (Fsp3) is 0.154. The van der Waals surface area contributed by atoms with Gasteiger partial charge in [0.15, 0.2) is 0 Å². The number of nitrogens with zero attached hydrogens (tertiary/aromatic N) is 3. The van der Waals surface area contributed by atoms with E-state index in [1.165, 1.54) is 12.3 Å². The van der Waals surface area contributed by atoms with E-state index in [1.54, 1.807) is 18.0 Å². The molecule has 2 aromatic rings. The van der Waals surface area contributed by atoms with Gasteiger partial charge in [0.2, 0.25) is 0 Å². The minimum Gasteiger partial charge on any atom is -0.364 e.